The van der Waals surface area contributed by atoms with E-state index in [0.717, 1.165) is 38.0 Å². The fourth-order valence-electron chi connectivity index (χ4n) is 2.78. The monoisotopic (exact) mass is 297 g/mol. The van der Waals surface area contributed by atoms with E-state index in [9.17, 15) is 0 Å². The van der Waals surface area contributed by atoms with Crippen molar-refractivity contribution in [2.24, 2.45) is 16.8 Å². The molecule has 5 nitrogen and oxygen atoms in total. The number of aliphatic hydroxyl groups excluding tert-OH is 1. The van der Waals surface area contributed by atoms with Gasteiger partial charge >= 0.3 is 0 Å². The Labute approximate surface area is 123 Å². The number of hydrogen-bond donors (Lipinski definition) is 3. The minimum atomic E-state index is 0.0230. The Hall–Kier alpha value is -1.46. The Kier molecular flexibility index (Phi) is 5.09. The first-order chi connectivity index (χ1) is 9.67. The van der Waals surface area contributed by atoms with Crippen LogP contribution in [-0.4, -0.2) is 35.8 Å². The van der Waals surface area contributed by atoms with E-state index in [2.05, 4.69) is 10.1 Å². The molecule has 0 bridgehead atoms. The topological polar surface area (TPSA) is 82.1 Å². The molecule has 1 saturated heterocycles. The van der Waals surface area contributed by atoms with Crippen molar-refractivity contribution in [2.75, 3.05) is 24.6 Å². The number of aliphatic hydroxyl groups is 1. The molecule has 2 rings (SSSR count). The van der Waals surface area contributed by atoms with E-state index in [0.29, 0.717) is 16.5 Å². The number of anilines is 1. The molecule has 0 spiro atoms. The lowest BCUT2D eigenvalue weighted by atomic mass is 9.94. The standard InChI is InChI=1S/C14H20ClN3O2/c15-11-4-1-5-12(13(11)14(16)17-20)18-7-2-3-10(9-18)6-8-19/h1,4-5,10,19-20H,2-3,6-9H2,(H2,16,17). The minimum absolute atomic E-state index is 0.0230. The van der Waals surface area contributed by atoms with Gasteiger partial charge in [0.25, 0.3) is 0 Å². The molecule has 20 heavy (non-hydrogen) atoms. The van der Waals surface area contributed by atoms with E-state index in [1.165, 1.54) is 0 Å². The molecule has 1 aliphatic rings. The Morgan fingerprint density at radius 1 is 1.50 bits per heavy atom. The highest BCUT2D eigenvalue weighted by Gasteiger charge is 2.23. The first-order valence-electron chi connectivity index (χ1n) is 6.79. The molecular formula is C14H20ClN3O2. The van der Waals surface area contributed by atoms with Crippen molar-refractivity contribution in [1.29, 1.82) is 0 Å². The second-order valence-corrected chi connectivity index (χ2v) is 5.49. The second-order valence-electron chi connectivity index (χ2n) is 5.09. The molecule has 1 atom stereocenters. The summed E-state index contributed by atoms with van der Waals surface area (Å²) in [6.07, 6.45) is 2.99. The van der Waals surface area contributed by atoms with Crippen LogP contribution in [0, 0.1) is 5.92 Å². The van der Waals surface area contributed by atoms with E-state index in [1.807, 2.05) is 12.1 Å². The van der Waals surface area contributed by atoms with Gasteiger partial charge in [-0.15, -0.1) is 0 Å². The third kappa shape index (κ3) is 3.16. The zero-order valence-corrected chi connectivity index (χ0v) is 12.1. The highest BCUT2D eigenvalue weighted by Crippen LogP contribution is 2.31. The van der Waals surface area contributed by atoms with Crippen molar-refractivity contribution in [1.82, 2.24) is 0 Å². The van der Waals surface area contributed by atoms with Gasteiger partial charge in [-0.1, -0.05) is 22.8 Å². The molecule has 4 N–H and O–H groups in total. The van der Waals surface area contributed by atoms with Gasteiger partial charge in [0.05, 0.1) is 10.6 Å². The van der Waals surface area contributed by atoms with Crippen LogP contribution < -0.4 is 10.6 Å². The molecule has 1 fully saturated rings. The van der Waals surface area contributed by atoms with E-state index in [-0.39, 0.29) is 12.4 Å². The molecule has 0 saturated carbocycles. The lowest BCUT2D eigenvalue weighted by molar-refractivity contribution is 0.244. The summed E-state index contributed by atoms with van der Waals surface area (Å²) in [5.41, 5.74) is 7.20. The van der Waals surface area contributed by atoms with Gasteiger partial charge in [-0.25, -0.2) is 0 Å². The molecule has 1 aliphatic heterocycles. The lowest BCUT2D eigenvalue weighted by Gasteiger charge is -2.35. The van der Waals surface area contributed by atoms with Crippen molar-refractivity contribution in [3.05, 3.63) is 28.8 Å². The summed E-state index contributed by atoms with van der Waals surface area (Å²) in [5, 5.41) is 21.6. The van der Waals surface area contributed by atoms with Gasteiger partial charge in [0.2, 0.25) is 0 Å². The summed E-state index contributed by atoms with van der Waals surface area (Å²) in [6, 6.07) is 5.52. The molecule has 1 unspecified atom stereocenters. The minimum Gasteiger partial charge on any atom is -0.409 e. The number of hydrogen-bond acceptors (Lipinski definition) is 4. The van der Waals surface area contributed by atoms with Crippen molar-refractivity contribution in [3.8, 4) is 0 Å². The van der Waals surface area contributed by atoms with Crippen LogP contribution in [-0.2, 0) is 0 Å². The third-order valence-electron chi connectivity index (χ3n) is 3.75. The fraction of sp³-hybridized carbons (Fsp3) is 0.500. The summed E-state index contributed by atoms with van der Waals surface area (Å²) in [6.45, 7) is 1.97. The number of nitrogens with two attached hydrogens (primary N) is 1. The largest absolute Gasteiger partial charge is 0.409 e. The zero-order chi connectivity index (χ0) is 14.5. The number of nitrogens with zero attached hydrogens (tertiary/aromatic N) is 2. The molecule has 0 radical (unpaired) electrons. The van der Waals surface area contributed by atoms with E-state index >= 15 is 0 Å². The number of rotatable bonds is 4. The van der Waals surface area contributed by atoms with Crippen LogP contribution in [0.15, 0.2) is 23.4 Å². The summed E-state index contributed by atoms with van der Waals surface area (Å²) >= 11 is 6.18. The summed E-state index contributed by atoms with van der Waals surface area (Å²) in [7, 11) is 0. The Morgan fingerprint density at radius 3 is 3.00 bits per heavy atom. The lowest BCUT2D eigenvalue weighted by Crippen LogP contribution is -2.37. The van der Waals surface area contributed by atoms with Gasteiger partial charge in [0.1, 0.15) is 0 Å². The molecule has 0 aromatic heterocycles. The molecule has 0 aliphatic carbocycles. The maximum atomic E-state index is 9.09. The third-order valence-corrected chi connectivity index (χ3v) is 4.07. The Bertz CT molecular complexity index is 491. The molecule has 0 amide bonds. The predicted molar refractivity (Wildman–Crippen MR) is 80.6 cm³/mol. The van der Waals surface area contributed by atoms with Crippen molar-refractivity contribution in [3.63, 3.8) is 0 Å². The Balaban J connectivity index is 2.30. The maximum absolute atomic E-state index is 9.09. The van der Waals surface area contributed by atoms with E-state index in [1.54, 1.807) is 6.07 Å². The van der Waals surface area contributed by atoms with Gasteiger partial charge in [0, 0.05) is 25.4 Å². The van der Waals surface area contributed by atoms with E-state index < -0.39 is 0 Å². The van der Waals surface area contributed by atoms with Gasteiger partial charge < -0.3 is 20.9 Å². The van der Waals surface area contributed by atoms with Crippen LogP contribution in [0.3, 0.4) is 0 Å². The Morgan fingerprint density at radius 2 is 2.30 bits per heavy atom. The molecule has 1 aromatic carbocycles. The fourth-order valence-corrected chi connectivity index (χ4v) is 3.05. The summed E-state index contributed by atoms with van der Waals surface area (Å²) in [5.74, 6) is 0.489. The SMILES string of the molecule is N/C(=N/O)c1c(Cl)cccc1N1CCCC(CCO)C1. The van der Waals surface area contributed by atoms with Crippen LogP contribution in [0.5, 0.6) is 0 Å². The maximum Gasteiger partial charge on any atom is 0.173 e. The number of benzene rings is 1. The van der Waals surface area contributed by atoms with Crippen LogP contribution in [0.4, 0.5) is 5.69 Å². The second kappa shape index (κ2) is 6.81. The molecule has 6 heteroatoms. The highest BCUT2D eigenvalue weighted by atomic mass is 35.5. The van der Waals surface area contributed by atoms with Crippen LogP contribution >= 0.6 is 11.6 Å². The van der Waals surface area contributed by atoms with Crippen LogP contribution in [0.25, 0.3) is 0 Å². The average Bonchev–Trinajstić information content (AvgIpc) is 2.47. The molecule has 1 aromatic rings. The summed E-state index contributed by atoms with van der Waals surface area (Å²) in [4.78, 5) is 2.20. The van der Waals surface area contributed by atoms with Crippen molar-refractivity contribution in [2.45, 2.75) is 19.3 Å². The average molecular weight is 298 g/mol. The number of amidine groups is 1. The van der Waals surface area contributed by atoms with Crippen molar-refractivity contribution >= 4 is 23.1 Å². The van der Waals surface area contributed by atoms with Crippen molar-refractivity contribution < 1.29 is 10.3 Å². The van der Waals surface area contributed by atoms with Crippen LogP contribution in [0.1, 0.15) is 24.8 Å². The van der Waals surface area contributed by atoms with Gasteiger partial charge in [-0.2, -0.15) is 0 Å². The molecule has 1 heterocycles. The smallest absolute Gasteiger partial charge is 0.173 e. The normalized spacial score (nSPS) is 20.2. The predicted octanol–water partition coefficient (Wildman–Crippen LogP) is 2.03. The first kappa shape index (κ1) is 14.9. The molecule has 110 valence electrons. The van der Waals surface area contributed by atoms with Gasteiger partial charge in [0.15, 0.2) is 5.84 Å². The highest BCUT2D eigenvalue weighted by molar-refractivity contribution is 6.34. The molecular weight excluding hydrogens is 278 g/mol. The number of piperidine rings is 1. The number of halogens is 1. The van der Waals surface area contributed by atoms with Gasteiger partial charge in [-0.3, -0.25) is 0 Å². The van der Waals surface area contributed by atoms with Gasteiger partial charge in [-0.05, 0) is 37.3 Å². The van der Waals surface area contributed by atoms with E-state index in [4.69, 9.17) is 27.6 Å². The zero-order valence-electron chi connectivity index (χ0n) is 11.3. The summed E-state index contributed by atoms with van der Waals surface area (Å²) < 4.78 is 0. The first-order valence-corrected chi connectivity index (χ1v) is 7.17. The quantitative estimate of drug-likeness (QED) is 0.344. The van der Waals surface area contributed by atoms with Crippen LogP contribution in [0.2, 0.25) is 5.02 Å². The number of oxime groups is 1.